The average molecular weight is 226 g/mol. The van der Waals surface area contributed by atoms with Crippen molar-refractivity contribution in [3.8, 4) is 0 Å². The van der Waals surface area contributed by atoms with Gasteiger partial charge in [-0.2, -0.15) is 0 Å². The van der Waals surface area contributed by atoms with E-state index in [4.69, 9.17) is 4.74 Å². The predicted molar refractivity (Wildman–Crippen MR) is 66.6 cm³/mol. The summed E-state index contributed by atoms with van der Waals surface area (Å²) in [6.07, 6.45) is 3.02. The summed E-state index contributed by atoms with van der Waals surface area (Å²) in [7, 11) is 0. The van der Waals surface area contributed by atoms with Crippen LogP contribution in [0.3, 0.4) is 0 Å². The molecule has 3 nitrogen and oxygen atoms in total. The minimum absolute atomic E-state index is 0.504. The van der Waals surface area contributed by atoms with Gasteiger partial charge in [-0.05, 0) is 44.3 Å². The molecular formula is C13H26N2O. The first-order chi connectivity index (χ1) is 7.79. The lowest BCUT2D eigenvalue weighted by Crippen LogP contribution is -2.37. The van der Waals surface area contributed by atoms with Crippen LogP contribution in [-0.2, 0) is 4.74 Å². The van der Waals surface area contributed by atoms with Crippen molar-refractivity contribution in [2.75, 3.05) is 39.3 Å². The van der Waals surface area contributed by atoms with E-state index in [9.17, 15) is 0 Å². The summed E-state index contributed by atoms with van der Waals surface area (Å²) in [5, 5.41) is 3.49. The van der Waals surface area contributed by atoms with Crippen LogP contribution in [0.15, 0.2) is 0 Å². The Hall–Kier alpha value is -0.120. The molecule has 0 saturated carbocycles. The summed E-state index contributed by atoms with van der Waals surface area (Å²) < 4.78 is 5.72. The molecule has 3 heteroatoms. The lowest BCUT2D eigenvalue weighted by atomic mass is 9.97. The van der Waals surface area contributed by atoms with E-state index in [-0.39, 0.29) is 0 Å². The molecular weight excluding hydrogens is 200 g/mol. The van der Waals surface area contributed by atoms with Crippen molar-refractivity contribution in [1.29, 1.82) is 0 Å². The van der Waals surface area contributed by atoms with Crippen LogP contribution in [0, 0.1) is 11.8 Å². The molecule has 3 atom stereocenters. The number of ether oxygens (including phenoxy) is 1. The predicted octanol–water partition coefficient (Wildman–Crippen LogP) is 1.34. The van der Waals surface area contributed by atoms with Gasteiger partial charge >= 0.3 is 0 Å². The van der Waals surface area contributed by atoms with Crippen LogP contribution in [0.1, 0.15) is 26.7 Å². The molecule has 0 aromatic heterocycles. The van der Waals surface area contributed by atoms with E-state index >= 15 is 0 Å². The lowest BCUT2D eigenvalue weighted by molar-refractivity contribution is 0.0683. The van der Waals surface area contributed by atoms with Crippen molar-refractivity contribution in [1.82, 2.24) is 10.2 Å². The molecule has 94 valence electrons. The van der Waals surface area contributed by atoms with Gasteiger partial charge in [0, 0.05) is 19.7 Å². The summed E-state index contributed by atoms with van der Waals surface area (Å²) in [5.41, 5.74) is 0. The quantitative estimate of drug-likeness (QED) is 0.766. The molecule has 2 saturated heterocycles. The molecule has 0 bridgehead atoms. The van der Waals surface area contributed by atoms with Gasteiger partial charge in [0.15, 0.2) is 0 Å². The highest BCUT2D eigenvalue weighted by molar-refractivity contribution is 4.81. The fraction of sp³-hybridized carbons (Fsp3) is 1.00. The van der Waals surface area contributed by atoms with Gasteiger partial charge in [-0.1, -0.05) is 13.8 Å². The monoisotopic (exact) mass is 226 g/mol. The Morgan fingerprint density at radius 2 is 2.19 bits per heavy atom. The molecule has 1 unspecified atom stereocenters. The molecule has 0 amide bonds. The highest BCUT2D eigenvalue weighted by Crippen LogP contribution is 2.19. The second kappa shape index (κ2) is 5.99. The van der Waals surface area contributed by atoms with Crippen molar-refractivity contribution < 1.29 is 4.74 Å². The van der Waals surface area contributed by atoms with Gasteiger partial charge in [0.05, 0.1) is 6.10 Å². The highest BCUT2D eigenvalue weighted by atomic mass is 16.5. The summed E-state index contributed by atoms with van der Waals surface area (Å²) in [6.45, 7) is 11.5. The Balaban J connectivity index is 1.75. The number of likely N-dealkylation sites (N-methyl/N-ethyl adjacent to an activating group) is 1. The van der Waals surface area contributed by atoms with Crippen LogP contribution in [0.25, 0.3) is 0 Å². The van der Waals surface area contributed by atoms with Crippen molar-refractivity contribution in [3.63, 3.8) is 0 Å². The molecule has 2 aliphatic rings. The normalized spacial score (nSPS) is 35.1. The second-order valence-corrected chi connectivity index (χ2v) is 5.38. The smallest absolute Gasteiger partial charge is 0.0702 e. The maximum absolute atomic E-state index is 5.72. The number of hydrogen-bond donors (Lipinski definition) is 1. The topological polar surface area (TPSA) is 24.5 Å². The molecule has 2 heterocycles. The maximum Gasteiger partial charge on any atom is 0.0702 e. The van der Waals surface area contributed by atoms with Gasteiger partial charge in [0.2, 0.25) is 0 Å². The Kier molecular flexibility index (Phi) is 4.62. The van der Waals surface area contributed by atoms with E-state index in [2.05, 4.69) is 24.1 Å². The standard InChI is InChI=1S/C13H26N2O/c1-3-15(10-13-5-4-6-16-13)9-12-8-14-7-11(12)2/h11-14H,3-10H2,1-2H3/t11-,12+,13?/m1/s1. The van der Waals surface area contributed by atoms with Crippen molar-refractivity contribution >= 4 is 0 Å². The Morgan fingerprint density at radius 3 is 2.75 bits per heavy atom. The third-order valence-corrected chi connectivity index (χ3v) is 4.10. The fourth-order valence-electron chi connectivity index (χ4n) is 2.85. The van der Waals surface area contributed by atoms with Crippen LogP contribution in [0.5, 0.6) is 0 Å². The zero-order chi connectivity index (χ0) is 11.4. The largest absolute Gasteiger partial charge is 0.377 e. The van der Waals surface area contributed by atoms with E-state index in [0.717, 1.165) is 31.5 Å². The van der Waals surface area contributed by atoms with Crippen LogP contribution in [-0.4, -0.2) is 50.3 Å². The van der Waals surface area contributed by atoms with Crippen LogP contribution in [0.4, 0.5) is 0 Å². The molecule has 0 aromatic carbocycles. The molecule has 0 aliphatic carbocycles. The summed E-state index contributed by atoms with van der Waals surface area (Å²) >= 11 is 0. The maximum atomic E-state index is 5.72. The SMILES string of the molecule is CCN(CC1CCCO1)C[C@@H]1CNC[C@H]1C. The van der Waals surface area contributed by atoms with Crippen molar-refractivity contribution in [3.05, 3.63) is 0 Å². The van der Waals surface area contributed by atoms with E-state index in [1.807, 2.05) is 0 Å². The van der Waals surface area contributed by atoms with Crippen molar-refractivity contribution in [2.45, 2.75) is 32.8 Å². The Morgan fingerprint density at radius 1 is 1.31 bits per heavy atom. The minimum atomic E-state index is 0.504. The average Bonchev–Trinajstić information content (AvgIpc) is 2.90. The lowest BCUT2D eigenvalue weighted by Gasteiger charge is -2.27. The molecule has 1 N–H and O–H groups in total. The van der Waals surface area contributed by atoms with E-state index < -0.39 is 0 Å². The number of nitrogens with one attached hydrogen (secondary N) is 1. The number of rotatable bonds is 5. The fourth-order valence-corrected chi connectivity index (χ4v) is 2.85. The first-order valence-electron chi connectivity index (χ1n) is 6.84. The highest BCUT2D eigenvalue weighted by Gasteiger charge is 2.26. The summed E-state index contributed by atoms with van der Waals surface area (Å²) in [5.74, 6) is 1.67. The van der Waals surface area contributed by atoms with E-state index in [0.29, 0.717) is 6.10 Å². The van der Waals surface area contributed by atoms with E-state index in [1.165, 1.54) is 32.5 Å². The van der Waals surface area contributed by atoms with Gasteiger partial charge < -0.3 is 15.0 Å². The molecule has 0 aromatic rings. The molecule has 2 rings (SSSR count). The summed E-state index contributed by atoms with van der Waals surface area (Å²) in [4.78, 5) is 2.57. The van der Waals surface area contributed by atoms with Crippen molar-refractivity contribution in [2.24, 2.45) is 11.8 Å². The van der Waals surface area contributed by atoms with Crippen LogP contribution < -0.4 is 5.32 Å². The third kappa shape index (κ3) is 3.19. The minimum Gasteiger partial charge on any atom is -0.377 e. The molecule has 0 spiro atoms. The summed E-state index contributed by atoms with van der Waals surface area (Å²) in [6, 6.07) is 0. The number of nitrogens with zero attached hydrogens (tertiary/aromatic N) is 1. The zero-order valence-corrected chi connectivity index (χ0v) is 10.7. The molecule has 2 fully saturated rings. The van der Waals surface area contributed by atoms with Crippen LogP contribution in [0.2, 0.25) is 0 Å². The van der Waals surface area contributed by atoms with Crippen LogP contribution >= 0.6 is 0 Å². The van der Waals surface area contributed by atoms with Gasteiger partial charge in [-0.15, -0.1) is 0 Å². The third-order valence-electron chi connectivity index (χ3n) is 4.10. The Bertz CT molecular complexity index is 204. The zero-order valence-electron chi connectivity index (χ0n) is 10.7. The second-order valence-electron chi connectivity index (χ2n) is 5.38. The van der Waals surface area contributed by atoms with E-state index in [1.54, 1.807) is 0 Å². The molecule has 0 radical (unpaired) electrons. The first-order valence-corrected chi connectivity index (χ1v) is 6.84. The number of hydrogen-bond acceptors (Lipinski definition) is 3. The van der Waals surface area contributed by atoms with Gasteiger partial charge in [0.25, 0.3) is 0 Å². The van der Waals surface area contributed by atoms with Gasteiger partial charge in [-0.25, -0.2) is 0 Å². The first kappa shape index (κ1) is 12.3. The van der Waals surface area contributed by atoms with Gasteiger partial charge in [0.1, 0.15) is 0 Å². The Labute approximate surface area is 99.5 Å². The van der Waals surface area contributed by atoms with Gasteiger partial charge in [-0.3, -0.25) is 0 Å². The molecule has 16 heavy (non-hydrogen) atoms. The molecule has 2 aliphatic heterocycles.